The van der Waals surface area contributed by atoms with Gasteiger partial charge in [0.25, 0.3) is 0 Å². The van der Waals surface area contributed by atoms with Crippen molar-refractivity contribution in [3.05, 3.63) is 151 Å². The highest BCUT2D eigenvalue weighted by Gasteiger charge is 2.51. The lowest BCUT2D eigenvalue weighted by atomic mass is 9.78. The predicted molar refractivity (Wildman–Crippen MR) is 212 cm³/mol. The number of fused-ring (bicyclic) bond motifs is 3. The monoisotopic (exact) mass is 686 g/mol. The zero-order valence-corrected chi connectivity index (χ0v) is 28.8. The van der Waals surface area contributed by atoms with Gasteiger partial charge in [-0.1, -0.05) is 127 Å². The molecular weight excluding hydrogens is 639 g/mol. The average molecular weight is 687 g/mol. The van der Waals surface area contributed by atoms with Gasteiger partial charge in [-0.05, 0) is 68.6 Å². The Balaban J connectivity index is 1.41. The quantitative estimate of drug-likeness (QED) is 0.163. The van der Waals surface area contributed by atoms with E-state index in [4.69, 9.17) is 33.0 Å². The van der Waals surface area contributed by atoms with E-state index in [0.29, 0.717) is 16.7 Å². The van der Waals surface area contributed by atoms with Crippen molar-refractivity contribution < 1.29 is 23.0 Å². The first kappa shape index (κ1) is 22.8. The van der Waals surface area contributed by atoms with Crippen LogP contribution in [0.15, 0.2) is 151 Å². The van der Waals surface area contributed by atoms with Gasteiger partial charge in [-0.3, -0.25) is 0 Å². The molecule has 8 aromatic rings. The molecule has 9 rings (SSSR count). The van der Waals surface area contributed by atoms with Crippen LogP contribution in [0.4, 0.5) is 0 Å². The Hall–Kier alpha value is -5.89. The Labute approximate surface area is 318 Å². The zero-order valence-electron chi connectivity index (χ0n) is 38.8. The van der Waals surface area contributed by atoms with Crippen molar-refractivity contribution in [2.45, 2.75) is 38.9 Å². The number of hydrogen-bond donors (Lipinski definition) is 0. The molecule has 0 radical (unpaired) electrons. The van der Waals surface area contributed by atoms with Crippen molar-refractivity contribution >= 4 is 34.4 Å². The van der Waals surface area contributed by atoms with Crippen LogP contribution in [0.5, 0.6) is 0 Å². The van der Waals surface area contributed by atoms with E-state index in [2.05, 4.69) is 33.8 Å². The van der Waals surface area contributed by atoms with Crippen LogP contribution in [0.1, 0.15) is 41.4 Å². The molecule has 1 aliphatic heterocycles. The summed E-state index contributed by atoms with van der Waals surface area (Å²) in [5, 5.41) is 1.93. The molecule has 2 aromatic heterocycles. The number of hydrogen-bond acceptors (Lipinski definition) is 5. The fourth-order valence-corrected chi connectivity index (χ4v) is 6.63. The maximum absolute atomic E-state index is 8.88. The van der Waals surface area contributed by atoms with Gasteiger partial charge in [-0.15, -0.1) is 0 Å². The highest BCUT2D eigenvalue weighted by atomic mass is 16.7. The summed E-state index contributed by atoms with van der Waals surface area (Å²) in [6, 6.07) is 23.5. The molecule has 0 spiro atoms. The third kappa shape index (κ3) is 5.41. The number of benzene rings is 6. The maximum atomic E-state index is 8.88. The Morgan fingerprint density at radius 1 is 0.558 bits per heavy atom. The lowest BCUT2D eigenvalue weighted by Crippen LogP contribution is -2.41. The minimum atomic E-state index is -0.849. The molecule has 1 aliphatic rings. The van der Waals surface area contributed by atoms with Crippen molar-refractivity contribution in [2.24, 2.45) is 0 Å². The molecule has 1 saturated heterocycles. The molecule has 0 atom stereocenters. The topological polar surface area (TPSA) is 62.1 Å². The van der Waals surface area contributed by atoms with Crippen LogP contribution in [0, 0.1) is 0 Å². The second-order valence-electron chi connectivity index (χ2n) is 13.6. The summed E-state index contributed by atoms with van der Waals surface area (Å²) in [4.78, 5) is 14.2. The third-order valence-electron chi connectivity index (χ3n) is 9.89. The zero-order chi connectivity index (χ0) is 44.2. The van der Waals surface area contributed by atoms with Crippen molar-refractivity contribution in [3.63, 3.8) is 0 Å². The van der Waals surface area contributed by atoms with E-state index < -0.39 is 78.7 Å². The summed E-state index contributed by atoms with van der Waals surface area (Å²) < 4.78 is 101. The number of nitrogens with zero attached hydrogens (tertiary/aromatic N) is 4. The van der Waals surface area contributed by atoms with E-state index in [1.165, 1.54) is 0 Å². The molecule has 52 heavy (non-hydrogen) atoms. The lowest BCUT2D eigenvalue weighted by molar-refractivity contribution is 0.00578. The SMILES string of the molecule is [2H]c1c([2H])c([2H])c(-c2nc(-c3cc(B4OC(C)(C)C(C)(C)O4)ccc3-n3c4ccccc4c4c(-c5ccccc5)cccc43)nc(-c3c([2H])c([2H])c([2H])c([2H])c3[2H])n2)c([2H])c1[2H]. The molecule has 6 nitrogen and oxygen atoms in total. The third-order valence-corrected chi connectivity index (χ3v) is 9.89. The molecule has 3 heterocycles. The highest BCUT2D eigenvalue weighted by Crippen LogP contribution is 2.41. The summed E-state index contributed by atoms with van der Waals surface area (Å²) in [5.41, 5.74) is 3.07. The van der Waals surface area contributed by atoms with Crippen LogP contribution in [0.25, 0.3) is 72.8 Å². The van der Waals surface area contributed by atoms with Gasteiger partial charge in [0.1, 0.15) is 0 Å². The molecule has 1 fully saturated rings. The number of para-hydroxylation sites is 1. The Kier molecular flexibility index (Phi) is 5.45. The van der Waals surface area contributed by atoms with Crippen LogP contribution in [0.3, 0.4) is 0 Å². The van der Waals surface area contributed by atoms with Gasteiger partial charge >= 0.3 is 7.12 Å². The second-order valence-corrected chi connectivity index (χ2v) is 13.6. The minimum Gasteiger partial charge on any atom is -0.399 e. The van der Waals surface area contributed by atoms with Crippen LogP contribution < -0.4 is 5.46 Å². The summed E-state index contributed by atoms with van der Waals surface area (Å²) in [6.07, 6.45) is 0. The number of aromatic nitrogens is 4. The molecule has 0 unspecified atom stereocenters. The second kappa shape index (κ2) is 12.4. The van der Waals surface area contributed by atoms with Gasteiger partial charge in [0.2, 0.25) is 0 Å². The number of rotatable bonds is 6. The van der Waals surface area contributed by atoms with E-state index >= 15 is 0 Å². The fourth-order valence-electron chi connectivity index (χ4n) is 6.63. The van der Waals surface area contributed by atoms with Gasteiger partial charge < -0.3 is 13.9 Å². The largest absolute Gasteiger partial charge is 0.494 e. The van der Waals surface area contributed by atoms with E-state index in [1.54, 1.807) is 6.07 Å². The van der Waals surface area contributed by atoms with Crippen molar-refractivity contribution in [2.75, 3.05) is 0 Å². The van der Waals surface area contributed by atoms with E-state index in [-0.39, 0.29) is 28.6 Å². The first-order chi connectivity index (χ1) is 29.4. The molecule has 6 aromatic carbocycles. The summed E-state index contributed by atoms with van der Waals surface area (Å²) in [7, 11) is -0.849. The Bertz CT molecular complexity index is 3020. The van der Waals surface area contributed by atoms with Gasteiger partial charge in [-0.25, -0.2) is 15.0 Å². The van der Waals surface area contributed by atoms with E-state index in [1.807, 2.05) is 88.4 Å². The molecule has 0 N–H and O–H groups in total. The first-order valence-corrected chi connectivity index (χ1v) is 16.9. The van der Waals surface area contributed by atoms with Crippen LogP contribution >= 0.6 is 0 Å². The minimum absolute atomic E-state index is 0.0814. The Morgan fingerprint density at radius 3 is 1.79 bits per heavy atom. The summed E-state index contributed by atoms with van der Waals surface area (Å²) in [6.45, 7) is 7.76. The lowest BCUT2D eigenvalue weighted by Gasteiger charge is -2.32. The molecule has 0 amide bonds. The predicted octanol–water partition coefficient (Wildman–Crippen LogP) is 9.94. The van der Waals surface area contributed by atoms with E-state index in [0.717, 1.165) is 32.9 Å². The summed E-state index contributed by atoms with van der Waals surface area (Å²) in [5.74, 6) is -0.814. The maximum Gasteiger partial charge on any atom is 0.494 e. The van der Waals surface area contributed by atoms with Crippen LogP contribution in [-0.4, -0.2) is 37.8 Å². The molecule has 0 aliphatic carbocycles. The van der Waals surface area contributed by atoms with Crippen molar-refractivity contribution in [1.29, 1.82) is 0 Å². The standard InChI is InChI=1S/C45H37BN4O2/c1-44(2)45(3,4)52-46(51-44)33-27-28-38(50-37-25-15-14-23-35(37)40-34(24-16-26-39(40)50)30-17-8-5-9-18-30)36(29-33)43-48-41(31-19-10-6-11-20-31)47-42(49-43)32-21-12-7-13-22-32/h5-29H,1-4H3/i6D,7D,10D,11D,12D,13D,19D,20D,21D,22D. The normalized spacial score (nSPS) is 17.7. The van der Waals surface area contributed by atoms with Crippen molar-refractivity contribution in [1.82, 2.24) is 19.5 Å². The van der Waals surface area contributed by atoms with Gasteiger partial charge in [0.05, 0.1) is 41.6 Å². The van der Waals surface area contributed by atoms with Crippen LogP contribution in [-0.2, 0) is 9.31 Å². The first-order valence-electron chi connectivity index (χ1n) is 21.9. The summed E-state index contributed by atoms with van der Waals surface area (Å²) >= 11 is 0. The smallest absolute Gasteiger partial charge is 0.399 e. The van der Waals surface area contributed by atoms with E-state index in [9.17, 15) is 0 Å². The fraction of sp³-hybridized carbons (Fsp3) is 0.133. The van der Waals surface area contributed by atoms with Gasteiger partial charge in [-0.2, -0.15) is 0 Å². The molecule has 7 heteroatoms. The van der Waals surface area contributed by atoms with Gasteiger partial charge in [0.15, 0.2) is 17.5 Å². The molecule has 0 bridgehead atoms. The van der Waals surface area contributed by atoms with Gasteiger partial charge in [0, 0.05) is 27.5 Å². The van der Waals surface area contributed by atoms with Crippen LogP contribution in [0.2, 0.25) is 0 Å². The molecule has 0 saturated carbocycles. The molecular formula is C45H37BN4O2. The average Bonchev–Trinajstić information content (AvgIpc) is 3.72. The van der Waals surface area contributed by atoms with Crippen molar-refractivity contribution in [3.8, 4) is 51.0 Å². The highest BCUT2D eigenvalue weighted by molar-refractivity contribution is 6.62. The molecule has 252 valence electrons. The Morgan fingerprint density at radius 2 is 1.13 bits per heavy atom.